The first-order valence-electron chi connectivity index (χ1n) is 3.35. The standard InChI is InChI=1S/H13P16/c1-10(2)14(9)16(13(7)8)15(11(3)4)12(5)6/h1-2,7-9H,3-6H2/q-5. The van der Waals surface area contributed by atoms with Crippen LogP contribution in [0, 0.1) is 0 Å². The summed E-state index contributed by atoms with van der Waals surface area (Å²) in [4.78, 5) is 0. The second-order valence-electron chi connectivity index (χ2n) is 2.21. The number of rotatable bonds is 6. The molecule has 0 amide bonds. The Kier molecular flexibility index (Phi) is 17.5. The highest BCUT2D eigenvalue weighted by Gasteiger charge is 2.24. The van der Waals surface area contributed by atoms with Gasteiger partial charge in [-0.05, 0) is 21.0 Å². The summed E-state index contributed by atoms with van der Waals surface area (Å²) in [7, 11) is 31.3. The van der Waals surface area contributed by atoms with Crippen molar-refractivity contribution in [2.24, 2.45) is 0 Å². The molecule has 0 heterocycles. The Morgan fingerprint density at radius 2 is 0.938 bits per heavy atom. The van der Waals surface area contributed by atoms with Gasteiger partial charge in [-0.25, -0.2) is 0 Å². The molecule has 0 aliphatic carbocycles. The Labute approximate surface area is 128 Å². The zero-order valence-corrected chi connectivity index (χ0v) is 23.8. The lowest BCUT2D eigenvalue weighted by atomic mass is 28.6. The first kappa shape index (κ1) is 22.9. The molecule has 16 heteroatoms. The van der Waals surface area contributed by atoms with E-state index in [2.05, 4.69) is 80.4 Å². The van der Waals surface area contributed by atoms with E-state index < -0.39 is 0 Å². The van der Waals surface area contributed by atoms with Crippen molar-refractivity contribution in [2.45, 2.75) is 0 Å². The third-order valence-electron chi connectivity index (χ3n) is 1.11. The molecule has 0 N–H and O–H groups in total. The minimum atomic E-state index is -0.243. The third-order valence-corrected chi connectivity index (χ3v) is 90.0. The smallest absolute Gasteiger partial charge is 0.0133 e. The van der Waals surface area contributed by atoms with Gasteiger partial charge < -0.3 is 58.6 Å². The van der Waals surface area contributed by atoms with Crippen molar-refractivity contribution in [3.63, 3.8) is 0 Å². The molecule has 0 rings (SSSR count). The van der Waals surface area contributed by atoms with E-state index in [1.165, 1.54) is 0 Å². The normalized spacial score (nSPS) is 16.9. The lowest BCUT2D eigenvalue weighted by Crippen LogP contribution is -1.51. The van der Waals surface area contributed by atoms with Crippen molar-refractivity contribution in [3.8, 4) is 0 Å². The Hall–Kier alpha value is 6.88. The van der Waals surface area contributed by atoms with Gasteiger partial charge in [0.1, 0.15) is 0 Å². The average Bonchev–Trinajstić information content (AvgIpc) is 2.10. The van der Waals surface area contributed by atoms with E-state index in [1.807, 2.05) is 0 Å². The first-order valence-corrected chi connectivity index (χ1v) is 30.2. The summed E-state index contributed by atoms with van der Waals surface area (Å²) < 4.78 is 0. The molecule has 0 bridgehead atoms. The molecule has 98 valence electrons. The monoisotopic (exact) mass is 509 g/mol. The molecule has 0 aromatic heterocycles. The van der Waals surface area contributed by atoms with E-state index in [1.54, 1.807) is 0 Å². The first-order chi connectivity index (χ1) is 7.20. The van der Waals surface area contributed by atoms with Crippen LogP contribution in [0.3, 0.4) is 0 Å². The van der Waals surface area contributed by atoms with Crippen molar-refractivity contribution in [3.05, 3.63) is 0 Å². The molecule has 6 atom stereocenters. The Balaban J connectivity index is 5.00. The predicted octanol–water partition coefficient (Wildman–Crippen LogP) is 10.3. The number of hydrogen-bond donors (Lipinski definition) is 0. The fraction of sp³-hybridized carbons (Fsp3) is 0. The SMILES string of the molecule is [PH-]P([PH-])P([PH-])P(P([PH-])[PH-])P(P(P)P)P(P)P. The van der Waals surface area contributed by atoms with Crippen LogP contribution in [-0.4, -0.2) is 0 Å². The lowest BCUT2D eigenvalue weighted by molar-refractivity contribution is 4.55. The van der Waals surface area contributed by atoms with Gasteiger partial charge in [-0.1, -0.05) is 0 Å². The highest BCUT2D eigenvalue weighted by molar-refractivity contribution is 9.30. The van der Waals surface area contributed by atoms with Gasteiger partial charge in [0.15, 0.2) is 0 Å². The van der Waals surface area contributed by atoms with E-state index in [0.29, 0.717) is 0 Å². The van der Waals surface area contributed by atoms with Crippen molar-refractivity contribution >= 4 is 129 Å². The minimum absolute atomic E-state index is 0.0121. The second kappa shape index (κ2) is 12.3. The summed E-state index contributed by atoms with van der Waals surface area (Å²) in [6.45, 7) is -0.597. The summed E-state index contributed by atoms with van der Waals surface area (Å²) in [5, 5.41) is 0. The van der Waals surface area contributed by atoms with Gasteiger partial charge in [0, 0.05) is 0 Å². The second-order valence-corrected chi connectivity index (χ2v) is 59.7. The summed E-state index contributed by atoms with van der Waals surface area (Å²) >= 11 is 0. The molecule has 0 spiro atoms. The summed E-state index contributed by atoms with van der Waals surface area (Å²) in [6, 6.07) is 0. The average molecular weight is 509 g/mol. The number of hydrogen-bond acceptors (Lipinski definition) is 0. The molecule has 0 aliphatic rings. The van der Waals surface area contributed by atoms with Crippen LogP contribution in [0.15, 0.2) is 0 Å². The molecule has 0 radical (unpaired) electrons. The van der Waals surface area contributed by atoms with Gasteiger partial charge >= 0.3 is 0 Å². The van der Waals surface area contributed by atoms with Gasteiger partial charge in [0.2, 0.25) is 0 Å². The van der Waals surface area contributed by atoms with E-state index >= 15 is 0 Å². The van der Waals surface area contributed by atoms with E-state index in [4.69, 9.17) is 0 Å². The largest absolute Gasteiger partial charge is 0.555 e. The highest BCUT2D eigenvalue weighted by atomic mass is 33.4. The van der Waals surface area contributed by atoms with Crippen LogP contribution in [0.4, 0.5) is 0 Å². The zero-order chi connectivity index (χ0) is 13.0. The molecule has 0 aromatic rings. The summed E-state index contributed by atoms with van der Waals surface area (Å²) in [5.74, 6) is 0. The molecule has 0 fully saturated rings. The van der Waals surface area contributed by atoms with Gasteiger partial charge in [0.25, 0.3) is 0 Å². The quantitative estimate of drug-likeness (QED) is 0.313. The van der Waals surface area contributed by atoms with Crippen molar-refractivity contribution in [2.75, 3.05) is 0 Å². The Morgan fingerprint density at radius 3 is 1.12 bits per heavy atom. The molecule has 0 aliphatic heterocycles. The van der Waals surface area contributed by atoms with Gasteiger partial charge in [0.05, 0.1) is 0 Å². The summed E-state index contributed by atoms with van der Waals surface area (Å²) in [6.07, 6.45) is 0. The van der Waals surface area contributed by atoms with Crippen LogP contribution in [0.25, 0.3) is 0 Å². The summed E-state index contributed by atoms with van der Waals surface area (Å²) in [5.41, 5.74) is 0. The van der Waals surface area contributed by atoms with E-state index in [9.17, 15) is 0 Å². The maximum atomic E-state index is 3.98. The minimum Gasteiger partial charge on any atom is -0.555 e. The molecule has 0 saturated carbocycles. The molecule has 0 aromatic carbocycles. The molecule has 6 unspecified atom stereocenters. The van der Waals surface area contributed by atoms with Crippen LogP contribution in [-0.2, 0) is 0 Å². The van der Waals surface area contributed by atoms with Crippen molar-refractivity contribution in [1.82, 2.24) is 0 Å². The highest BCUT2D eigenvalue weighted by Crippen LogP contribution is 3.24. The zero-order valence-electron chi connectivity index (χ0n) is 7.94. The Bertz CT molecular complexity index is 168. The topological polar surface area (TPSA) is 0 Å². The van der Waals surface area contributed by atoms with Gasteiger partial charge in [-0.3, -0.25) is 6.99 Å². The molecule has 0 saturated heterocycles. The predicted molar refractivity (Wildman–Crippen MR) is 129 cm³/mol. The fourth-order valence-corrected chi connectivity index (χ4v) is 152. The molecular weight excluding hydrogens is 496 g/mol. The molecular formula is H13P16-5. The fourth-order valence-electron chi connectivity index (χ4n) is 0.625. The van der Waals surface area contributed by atoms with E-state index in [-0.39, 0.29) is 48.9 Å². The van der Waals surface area contributed by atoms with Crippen LogP contribution < -0.4 is 0 Å². The lowest BCUT2D eigenvalue weighted by Gasteiger charge is -2.60. The van der Waals surface area contributed by atoms with E-state index in [0.717, 1.165) is 0 Å². The maximum absolute atomic E-state index is 3.98. The maximum Gasteiger partial charge on any atom is -0.0133 e. The van der Waals surface area contributed by atoms with Gasteiger partial charge in [-0.2, -0.15) is 0 Å². The van der Waals surface area contributed by atoms with Crippen LogP contribution >= 0.6 is 129 Å². The van der Waals surface area contributed by atoms with Crippen LogP contribution in [0.1, 0.15) is 0 Å². The van der Waals surface area contributed by atoms with Crippen molar-refractivity contribution in [1.29, 1.82) is 0 Å². The molecule has 0 nitrogen and oxygen atoms in total. The van der Waals surface area contributed by atoms with Crippen LogP contribution in [0.5, 0.6) is 0 Å². The van der Waals surface area contributed by atoms with Crippen molar-refractivity contribution < 1.29 is 0 Å². The van der Waals surface area contributed by atoms with Gasteiger partial charge in [-0.15, -0.1) is 42.7 Å². The third kappa shape index (κ3) is 8.65. The van der Waals surface area contributed by atoms with Crippen LogP contribution in [0.2, 0.25) is 0 Å². The molecule has 16 heavy (non-hydrogen) atoms. The Morgan fingerprint density at radius 1 is 0.562 bits per heavy atom.